The molecule has 22 heavy (non-hydrogen) atoms. The summed E-state index contributed by atoms with van der Waals surface area (Å²) in [7, 11) is 0. The van der Waals surface area contributed by atoms with E-state index in [4.69, 9.17) is 0 Å². The van der Waals surface area contributed by atoms with E-state index in [0.717, 1.165) is 11.1 Å². The molecular formula is C17H18N4O. The Morgan fingerprint density at radius 2 is 1.91 bits per heavy atom. The molecule has 5 nitrogen and oxygen atoms in total. The number of anilines is 2. The van der Waals surface area contributed by atoms with Crippen LogP contribution in [0, 0.1) is 5.92 Å². The number of para-hydroxylation sites is 1. The van der Waals surface area contributed by atoms with Crippen molar-refractivity contribution in [3.05, 3.63) is 59.0 Å². The van der Waals surface area contributed by atoms with Gasteiger partial charge in [0, 0.05) is 29.9 Å². The van der Waals surface area contributed by atoms with Crippen LogP contribution in [-0.4, -0.2) is 14.5 Å². The summed E-state index contributed by atoms with van der Waals surface area (Å²) in [4.78, 5) is 21.0. The van der Waals surface area contributed by atoms with E-state index in [0.29, 0.717) is 24.1 Å². The van der Waals surface area contributed by atoms with E-state index < -0.39 is 0 Å². The highest BCUT2D eigenvalue weighted by atomic mass is 16.1. The number of hydrogen-bond donors (Lipinski definition) is 1. The molecule has 0 amide bonds. The minimum Gasteiger partial charge on any atom is -0.324 e. The number of benzene rings is 1. The van der Waals surface area contributed by atoms with E-state index in [1.54, 1.807) is 22.9 Å². The van der Waals surface area contributed by atoms with Gasteiger partial charge in [-0.05, 0) is 24.1 Å². The maximum atomic E-state index is 12.1. The Bertz CT molecular complexity index is 840. The molecule has 5 heteroatoms. The van der Waals surface area contributed by atoms with Crippen molar-refractivity contribution in [1.82, 2.24) is 14.5 Å². The number of hydrogen-bond acceptors (Lipinski definition) is 4. The summed E-state index contributed by atoms with van der Waals surface area (Å²) in [5, 5.41) is 4.02. The first kappa shape index (κ1) is 14.3. The first-order valence-electron chi connectivity index (χ1n) is 7.32. The molecule has 3 aromatic rings. The van der Waals surface area contributed by atoms with Crippen LogP contribution in [0.2, 0.25) is 0 Å². The second-order valence-electron chi connectivity index (χ2n) is 5.64. The van der Waals surface area contributed by atoms with Crippen molar-refractivity contribution in [2.24, 2.45) is 5.92 Å². The van der Waals surface area contributed by atoms with Crippen molar-refractivity contribution in [1.29, 1.82) is 0 Å². The molecule has 0 radical (unpaired) electrons. The molecule has 2 heterocycles. The Hall–Kier alpha value is -2.69. The van der Waals surface area contributed by atoms with Gasteiger partial charge in [-0.1, -0.05) is 32.0 Å². The molecular weight excluding hydrogens is 276 g/mol. The van der Waals surface area contributed by atoms with Crippen molar-refractivity contribution in [3.63, 3.8) is 0 Å². The van der Waals surface area contributed by atoms with Crippen LogP contribution in [-0.2, 0) is 6.54 Å². The van der Waals surface area contributed by atoms with Gasteiger partial charge < -0.3 is 5.32 Å². The average molecular weight is 294 g/mol. The molecule has 1 aromatic carbocycles. The average Bonchev–Trinajstić information content (AvgIpc) is 2.51. The Kier molecular flexibility index (Phi) is 3.87. The number of rotatable bonds is 4. The first-order chi connectivity index (χ1) is 10.6. The highest BCUT2D eigenvalue weighted by Gasteiger charge is 2.08. The molecule has 0 saturated carbocycles. The van der Waals surface area contributed by atoms with Crippen LogP contribution >= 0.6 is 0 Å². The quantitative estimate of drug-likeness (QED) is 0.802. The molecule has 0 saturated heterocycles. The van der Waals surface area contributed by atoms with Gasteiger partial charge in [-0.15, -0.1) is 0 Å². The fourth-order valence-corrected chi connectivity index (χ4v) is 2.32. The lowest BCUT2D eigenvalue weighted by Gasteiger charge is -2.12. The smallest absolute Gasteiger partial charge is 0.252 e. The van der Waals surface area contributed by atoms with Crippen molar-refractivity contribution in [3.8, 4) is 0 Å². The van der Waals surface area contributed by atoms with Gasteiger partial charge in [-0.2, -0.15) is 4.98 Å². The largest absolute Gasteiger partial charge is 0.324 e. The standard InChI is InChI=1S/C17H18N4O/c1-12(2)11-21-15(22)9-8-13-10-18-17(20-16(13)21)19-14-6-4-3-5-7-14/h3-10,12H,11H2,1-2H3,(H,18,19,20). The minimum atomic E-state index is -0.0365. The number of nitrogens with zero attached hydrogens (tertiary/aromatic N) is 3. The van der Waals surface area contributed by atoms with Crippen LogP contribution in [0.5, 0.6) is 0 Å². The number of nitrogens with one attached hydrogen (secondary N) is 1. The summed E-state index contributed by atoms with van der Waals surface area (Å²) < 4.78 is 1.71. The summed E-state index contributed by atoms with van der Waals surface area (Å²) >= 11 is 0. The van der Waals surface area contributed by atoms with Gasteiger partial charge in [0.1, 0.15) is 5.65 Å². The monoisotopic (exact) mass is 294 g/mol. The summed E-state index contributed by atoms with van der Waals surface area (Å²) in [5.41, 5.74) is 1.54. The van der Waals surface area contributed by atoms with Crippen LogP contribution in [0.3, 0.4) is 0 Å². The van der Waals surface area contributed by atoms with E-state index in [-0.39, 0.29) is 5.56 Å². The Morgan fingerprint density at radius 1 is 1.14 bits per heavy atom. The summed E-state index contributed by atoms with van der Waals surface area (Å²) in [5.74, 6) is 0.852. The van der Waals surface area contributed by atoms with Gasteiger partial charge in [-0.3, -0.25) is 9.36 Å². The van der Waals surface area contributed by atoms with E-state index in [9.17, 15) is 4.79 Å². The zero-order valence-corrected chi connectivity index (χ0v) is 12.7. The maximum Gasteiger partial charge on any atom is 0.252 e. The summed E-state index contributed by atoms with van der Waals surface area (Å²) in [6.07, 6.45) is 1.74. The van der Waals surface area contributed by atoms with Crippen LogP contribution in [0.1, 0.15) is 13.8 Å². The van der Waals surface area contributed by atoms with Crippen LogP contribution < -0.4 is 10.9 Å². The zero-order valence-electron chi connectivity index (χ0n) is 12.7. The number of aromatic nitrogens is 3. The third-order valence-electron chi connectivity index (χ3n) is 3.30. The van der Waals surface area contributed by atoms with Crippen molar-refractivity contribution < 1.29 is 0 Å². The molecule has 0 unspecified atom stereocenters. The van der Waals surface area contributed by atoms with Gasteiger partial charge >= 0.3 is 0 Å². The molecule has 0 fully saturated rings. The van der Waals surface area contributed by atoms with Crippen molar-refractivity contribution in [2.75, 3.05) is 5.32 Å². The van der Waals surface area contributed by atoms with Crippen LogP contribution in [0.15, 0.2) is 53.5 Å². The van der Waals surface area contributed by atoms with Gasteiger partial charge in [0.2, 0.25) is 5.95 Å². The highest BCUT2D eigenvalue weighted by molar-refractivity contribution is 5.75. The molecule has 112 valence electrons. The van der Waals surface area contributed by atoms with Crippen molar-refractivity contribution >= 4 is 22.7 Å². The molecule has 0 aliphatic heterocycles. The number of pyridine rings is 1. The topological polar surface area (TPSA) is 59.8 Å². The van der Waals surface area contributed by atoms with Gasteiger partial charge in [-0.25, -0.2) is 4.98 Å². The SMILES string of the molecule is CC(C)Cn1c(=O)ccc2cnc(Nc3ccccc3)nc21. The fraction of sp³-hybridized carbons (Fsp3) is 0.235. The minimum absolute atomic E-state index is 0.0365. The molecule has 0 spiro atoms. The lowest BCUT2D eigenvalue weighted by molar-refractivity contribution is 0.521. The van der Waals surface area contributed by atoms with E-state index in [1.165, 1.54) is 0 Å². The second-order valence-corrected chi connectivity index (χ2v) is 5.64. The third kappa shape index (κ3) is 2.98. The second kappa shape index (κ2) is 5.97. The highest BCUT2D eigenvalue weighted by Crippen LogP contribution is 2.16. The predicted octanol–water partition coefficient (Wildman–Crippen LogP) is 3.19. The molecule has 2 aromatic heterocycles. The third-order valence-corrected chi connectivity index (χ3v) is 3.30. The molecule has 0 atom stereocenters. The Morgan fingerprint density at radius 3 is 2.64 bits per heavy atom. The van der Waals surface area contributed by atoms with E-state index in [2.05, 4.69) is 29.1 Å². The Balaban J connectivity index is 2.06. The van der Waals surface area contributed by atoms with E-state index >= 15 is 0 Å². The van der Waals surface area contributed by atoms with E-state index in [1.807, 2.05) is 30.3 Å². The maximum absolute atomic E-state index is 12.1. The zero-order chi connectivity index (χ0) is 15.5. The molecule has 1 N–H and O–H groups in total. The van der Waals surface area contributed by atoms with Crippen LogP contribution in [0.4, 0.5) is 11.6 Å². The molecule has 0 aliphatic carbocycles. The lowest BCUT2D eigenvalue weighted by Crippen LogP contribution is -2.22. The number of fused-ring (bicyclic) bond motifs is 1. The van der Waals surface area contributed by atoms with Gasteiger partial charge in [0.15, 0.2) is 0 Å². The van der Waals surface area contributed by atoms with Crippen LogP contribution in [0.25, 0.3) is 11.0 Å². The first-order valence-corrected chi connectivity index (χ1v) is 7.32. The Labute approximate surface area is 128 Å². The molecule has 0 aliphatic rings. The van der Waals surface area contributed by atoms with Crippen molar-refractivity contribution in [2.45, 2.75) is 20.4 Å². The molecule has 3 rings (SSSR count). The molecule has 0 bridgehead atoms. The lowest BCUT2D eigenvalue weighted by atomic mass is 10.2. The summed E-state index contributed by atoms with van der Waals surface area (Å²) in [6.45, 7) is 4.79. The fourth-order valence-electron chi connectivity index (χ4n) is 2.32. The van der Waals surface area contributed by atoms with Gasteiger partial charge in [0.05, 0.1) is 0 Å². The normalized spacial score (nSPS) is 11.0. The predicted molar refractivity (Wildman–Crippen MR) is 88.4 cm³/mol. The summed E-state index contributed by atoms with van der Waals surface area (Å²) in [6, 6.07) is 13.1. The van der Waals surface area contributed by atoms with Gasteiger partial charge in [0.25, 0.3) is 5.56 Å².